The van der Waals surface area contributed by atoms with Gasteiger partial charge in [0.2, 0.25) is 15.0 Å². The molecule has 1 saturated heterocycles. The van der Waals surface area contributed by atoms with Crippen molar-refractivity contribution in [3.8, 4) is 11.5 Å². The normalized spacial score (nSPS) is 16.5. The number of benzene rings is 1. The van der Waals surface area contributed by atoms with E-state index in [9.17, 15) is 8.42 Å². The highest BCUT2D eigenvalue weighted by Gasteiger charge is 2.29. The maximum absolute atomic E-state index is 11.7. The lowest BCUT2D eigenvalue weighted by Gasteiger charge is -2.28. The van der Waals surface area contributed by atoms with E-state index >= 15 is 0 Å². The summed E-state index contributed by atoms with van der Waals surface area (Å²) in [5, 5.41) is 13.9. The van der Waals surface area contributed by atoms with Crippen LogP contribution in [0.15, 0.2) is 24.3 Å². The van der Waals surface area contributed by atoms with E-state index in [-0.39, 0.29) is 5.92 Å². The molecular formula is C17H21N5O4S2. The molecule has 4 rings (SSSR count). The van der Waals surface area contributed by atoms with E-state index in [4.69, 9.17) is 9.47 Å². The van der Waals surface area contributed by atoms with Crippen LogP contribution < -0.4 is 9.47 Å². The first kappa shape index (κ1) is 19.1. The molecule has 1 aliphatic heterocycles. The predicted molar refractivity (Wildman–Crippen MR) is 104 cm³/mol. The van der Waals surface area contributed by atoms with E-state index in [1.165, 1.54) is 21.9 Å². The van der Waals surface area contributed by atoms with Gasteiger partial charge in [0.25, 0.3) is 0 Å². The van der Waals surface area contributed by atoms with Crippen molar-refractivity contribution >= 4 is 26.3 Å². The van der Waals surface area contributed by atoms with E-state index in [0.717, 1.165) is 10.8 Å². The quantitative estimate of drug-likeness (QED) is 0.597. The molecular weight excluding hydrogens is 402 g/mol. The molecule has 9 nitrogen and oxygen atoms in total. The van der Waals surface area contributed by atoms with Crippen molar-refractivity contribution in [2.75, 3.05) is 26.5 Å². The molecule has 0 unspecified atom stereocenters. The van der Waals surface area contributed by atoms with Gasteiger partial charge >= 0.3 is 0 Å². The molecule has 150 valence electrons. The minimum Gasteiger partial charge on any atom is -0.493 e. The summed E-state index contributed by atoms with van der Waals surface area (Å²) in [6, 6.07) is 7.46. The molecule has 0 bridgehead atoms. The van der Waals surface area contributed by atoms with Gasteiger partial charge in [-0.3, -0.25) is 0 Å². The molecule has 2 aromatic heterocycles. The van der Waals surface area contributed by atoms with E-state index < -0.39 is 10.0 Å². The molecule has 3 heterocycles. The van der Waals surface area contributed by atoms with E-state index in [2.05, 4.69) is 15.3 Å². The number of para-hydroxylation sites is 2. The van der Waals surface area contributed by atoms with Crippen LogP contribution in [0.25, 0.3) is 4.96 Å². The second kappa shape index (κ2) is 7.64. The van der Waals surface area contributed by atoms with Crippen molar-refractivity contribution in [2.24, 2.45) is 0 Å². The average Bonchev–Trinajstić information content (AvgIpc) is 3.26. The second-order valence-corrected chi connectivity index (χ2v) is 9.65. The lowest BCUT2D eigenvalue weighted by molar-refractivity contribution is 0.282. The van der Waals surface area contributed by atoms with Crippen LogP contribution in [0.4, 0.5) is 0 Å². The van der Waals surface area contributed by atoms with Gasteiger partial charge < -0.3 is 9.47 Å². The first-order chi connectivity index (χ1) is 13.5. The summed E-state index contributed by atoms with van der Waals surface area (Å²) in [4.78, 5) is 0.708. The number of hydrogen-bond donors (Lipinski definition) is 0. The van der Waals surface area contributed by atoms with E-state index in [1.807, 2.05) is 24.3 Å². The van der Waals surface area contributed by atoms with Crippen molar-refractivity contribution < 1.29 is 17.9 Å². The topological polar surface area (TPSA) is 98.9 Å². The third kappa shape index (κ3) is 3.82. The van der Waals surface area contributed by atoms with E-state index in [1.54, 1.807) is 11.6 Å². The number of hydrogen-bond acceptors (Lipinski definition) is 8. The molecule has 0 amide bonds. The summed E-state index contributed by atoms with van der Waals surface area (Å²) in [7, 11) is -1.54. The third-order valence-corrected chi connectivity index (χ3v) is 6.94. The molecule has 1 fully saturated rings. The highest BCUT2D eigenvalue weighted by atomic mass is 32.2. The molecule has 1 aliphatic rings. The van der Waals surface area contributed by atoms with Crippen LogP contribution in [-0.2, 0) is 16.6 Å². The summed E-state index contributed by atoms with van der Waals surface area (Å²) in [6.07, 6.45) is 2.66. The number of nitrogens with zero attached hydrogens (tertiary/aromatic N) is 5. The summed E-state index contributed by atoms with van der Waals surface area (Å²) in [5.41, 5.74) is 0. The lowest BCUT2D eigenvalue weighted by Crippen LogP contribution is -2.37. The fourth-order valence-corrected chi connectivity index (χ4v) is 4.94. The molecule has 0 N–H and O–H groups in total. The van der Waals surface area contributed by atoms with Crippen LogP contribution in [0.3, 0.4) is 0 Å². The Labute approximate surface area is 167 Å². The standard InChI is InChI=1S/C17H21N5O4S2/c1-25-13-5-3-4-6-14(13)26-11-15-20-22-16(18-19-17(22)27-15)12-7-9-21(10-8-12)28(2,23)24/h3-6,12H,7-11H2,1-2H3. The second-order valence-electron chi connectivity index (χ2n) is 6.62. The molecule has 28 heavy (non-hydrogen) atoms. The summed E-state index contributed by atoms with van der Waals surface area (Å²) < 4.78 is 37.8. The maximum atomic E-state index is 11.7. The Morgan fingerprint density at radius 3 is 2.57 bits per heavy atom. The number of fused-ring (bicyclic) bond motifs is 1. The summed E-state index contributed by atoms with van der Waals surface area (Å²) in [5.74, 6) is 2.24. The largest absolute Gasteiger partial charge is 0.493 e. The van der Waals surface area contributed by atoms with Crippen LogP contribution >= 0.6 is 11.3 Å². The minimum atomic E-state index is -3.15. The minimum absolute atomic E-state index is 0.137. The average molecular weight is 424 g/mol. The fourth-order valence-electron chi connectivity index (χ4n) is 3.31. The van der Waals surface area contributed by atoms with Gasteiger partial charge in [0, 0.05) is 19.0 Å². The van der Waals surface area contributed by atoms with Crippen LogP contribution in [0.2, 0.25) is 0 Å². The molecule has 1 aromatic carbocycles. The van der Waals surface area contributed by atoms with Crippen LogP contribution in [0.5, 0.6) is 11.5 Å². The zero-order valence-electron chi connectivity index (χ0n) is 15.6. The highest BCUT2D eigenvalue weighted by Crippen LogP contribution is 2.30. The van der Waals surface area contributed by atoms with Crippen molar-refractivity contribution in [3.05, 3.63) is 35.1 Å². The van der Waals surface area contributed by atoms with Crippen LogP contribution in [0, 0.1) is 0 Å². The molecule has 11 heteroatoms. The van der Waals surface area contributed by atoms with Gasteiger partial charge in [-0.25, -0.2) is 12.7 Å². The number of piperidine rings is 1. The van der Waals surface area contributed by atoms with Crippen molar-refractivity contribution in [3.63, 3.8) is 0 Å². The molecule has 0 spiro atoms. The maximum Gasteiger partial charge on any atom is 0.234 e. The molecule has 3 aromatic rings. The molecule has 0 saturated carbocycles. The number of ether oxygens (including phenoxy) is 2. The van der Waals surface area contributed by atoms with Gasteiger partial charge in [-0.2, -0.15) is 9.61 Å². The van der Waals surface area contributed by atoms with Crippen molar-refractivity contribution in [1.82, 2.24) is 24.1 Å². The Morgan fingerprint density at radius 2 is 1.89 bits per heavy atom. The number of rotatable bonds is 6. The van der Waals surface area contributed by atoms with Crippen LogP contribution in [-0.4, -0.2) is 59.0 Å². The number of sulfonamides is 1. The SMILES string of the molecule is COc1ccccc1OCc1nn2c(C3CCN(S(C)(=O)=O)CC3)nnc2s1. The van der Waals surface area contributed by atoms with Crippen molar-refractivity contribution in [2.45, 2.75) is 25.4 Å². The van der Waals surface area contributed by atoms with Gasteiger partial charge in [-0.15, -0.1) is 10.2 Å². The van der Waals surface area contributed by atoms with Crippen LogP contribution in [0.1, 0.15) is 29.6 Å². The smallest absolute Gasteiger partial charge is 0.234 e. The number of methoxy groups -OCH3 is 1. The van der Waals surface area contributed by atoms with Gasteiger partial charge in [0.05, 0.1) is 13.4 Å². The summed E-state index contributed by atoms with van der Waals surface area (Å²) >= 11 is 1.43. The molecule has 0 atom stereocenters. The van der Waals surface area contributed by atoms with Crippen molar-refractivity contribution in [1.29, 1.82) is 0 Å². The molecule has 0 radical (unpaired) electrons. The Bertz CT molecular complexity index is 1070. The van der Waals surface area contributed by atoms with Gasteiger partial charge in [0.1, 0.15) is 6.61 Å². The first-order valence-corrected chi connectivity index (χ1v) is 11.5. The fraction of sp³-hybridized carbons (Fsp3) is 0.471. The Kier molecular flexibility index (Phi) is 5.21. The monoisotopic (exact) mass is 423 g/mol. The molecule has 0 aliphatic carbocycles. The van der Waals surface area contributed by atoms with E-state index in [0.29, 0.717) is 49.0 Å². The Balaban J connectivity index is 1.47. The number of aromatic nitrogens is 4. The summed E-state index contributed by atoms with van der Waals surface area (Å²) in [6.45, 7) is 1.29. The Morgan fingerprint density at radius 1 is 1.18 bits per heavy atom. The van der Waals surface area contributed by atoms with Gasteiger partial charge in [0.15, 0.2) is 22.3 Å². The Hall–Kier alpha value is -2.24. The lowest BCUT2D eigenvalue weighted by atomic mass is 9.97. The highest BCUT2D eigenvalue weighted by molar-refractivity contribution is 7.88. The predicted octanol–water partition coefficient (Wildman–Crippen LogP) is 1.91. The zero-order chi connectivity index (χ0) is 19.7. The third-order valence-electron chi connectivity index (χ3n) is 4.77. The first-order valence-electron chi connectivity index (χ1n) is 8.87. The van der Waals surface area contributed by atoms with Gasteiger partial charge in [-0.1, -0.05) is 23.5 Å². The zero-order valence-corrected chi connectivity index (χ0v) is 17.2. The van der Waals surface area contributed by atoms with Gasteiger partial charge in [-0.05, 0) is 25.0 Å².